The van der Waals surface area contributed by atoms with Crippen LogP contribution in [0.15, 0.2) is 12.2 Å². The topological polar surface area (TPSA) is 29.5 Å². The molecular weight excluding hydrogens is 140 g/mol. The Labute approximate surface area is 67.9 Å². The predicted octanol–water partition coefficient (Wildman–Crippen LogP) is 1.49. The van der Waals surface area contributed by atoms with Gasteiger partial charge in [-0.3, -0.25) is 0 Å². The Morgan fingerprint density at radius 3 is 2.91 bits per heavy atom. The standard InChI is InChI=1S/C9H16O2/c1-8(5-6-10)9-4-2-3-7-11-9/h9-10H,1-7H2. The molecule has 0 aromatic rings. The van der Waals surface area contributed by atoms with E-state index in [1.165, 1.54) is 12.8 Å². The molecule has 1 unspecified atom stereocenters. The summed E-state index contributed by atoms with van der Waals surface area (Å²) in [7, 11) is 0. The number of rotatable bonds is 3. The lowest BCUT2D eigenvalue weighted by atomic mass is 10.0. The maximum atomic E-state index is 8.65. The molecule has 1 atom stereocenters. The SMILES string of the molecule is C=C(CCO)C1CCCCO1. The molecule has 2 heteroatoms. The van der Waals surface area contributed by atoms with Crippen LogP contribution >= 0.6 is 0 Å². The van der Waals surface area contributed by atoms with Crippen molar-refractivity contribution in [2.45, 2.75) is 31.8 Å². The molecule has 64 valence electrons. The molecule has 1 N–H and O–H groups in total. The minimum Gasteiger partial charge on any atom is -0.396 e. The molecular formula is C9H16O2. The van der Waals surface area contributed by atoms with E-state index in [1.54, 1.807) is 0 Å². The molecule has 0 aromatic carbocycles. The van der Waals surface area contributed by atoms with Crippen molar-refractivity contribution >= 4 is 0 Å². The van der Waals surface area contributed by atoms with E-state index in [-0.39, 0.29) is 12.7 Å². The molecule has 1 saturated heterocycles. The molecule has 1 aliphatic rings. The molecule has 1 aliphatic heterocycles. The fourth-order valence-corrected chi connectivity index (χ4v) is 1.37. The van der Waals surface area contributed by atoms with Crippen LogP contribution in [0.1, 0.15) is 25.7 Å². The fraction of sp³-hybridized carbons (Fsp3) is 0.778. The molecule has 11 heavy (non-hydrogen) atoms. The van der Waals surface area contributed by atoms with E-state index in [0.29, 0.717) is 6.42 Å². The lowest BCUT2D eigenvalue weighted by Crippen LogP contribution is -2.21. The maximum absolute atomic E-state index is 8.65. The van der Waals surface area contributed by atoms with Crippen molar-refractivity contribution in [1.82, 2.24) is 0 Å². The van der Waals surface area contributed by atoms with Gasteiger partial charge in [-0.2, -0.15) is 0 Å². The van der Waals surface area contributed by atoms with E-state index in [4.69, 9.17) is 9.84 Å². The first-order valence-corrected chi connectivity index (χ1v) is 4.24. The number of hydrogen-bond acceptors (Lipinski definition) is 2. The summed E-state index contributed by atoms with van der Waals surface area (Å²) in [5.41, 5.74) is 1.05. The highest BCUT2D eigenvalue weighted by Gasteiger charge is 2.15. The first kappa shape index (κ1) is 8.75. The first-order valence-electron chi connectivity index (χ1n) is 4.24. The Balaban J connectivity index is 2.27. The van der Waals surface area contributed by atoms with Gasteiger partial charge in [-0.15, -0.1) is 0 Å². The number of ether oxygens (including phenoxy) is 1. The van der Waals surface area contributed by atoms with Gasteiger partial charge in [0.05, 0.1) is 6.10 Å². The lowest BCUT2D eigenvalue weighted by Gasteiger charge is -2.24. The average Bonchev–Trinajstić information content (AvgIpc) is 2.07. The minimum absolute atomic E-state index is 0.193. The number of hydrogen-bond donors (Lipinski definition) is 1. The van der Waals surface area contributed by atoms with E-state index in [0.717, 1.165) is 18.6 Å². The summed E-state index contributed by atoms with van der Waals surface area (Å²) in [6.07, 6.45) is 4.39. The third kappa shape index (κ3) is 2.64. The van der Waals surface area contributed by atoms with Crippen LogP contribution in [0, 0.1) is 0 Å². The summed E-state index contributed by atoms with van der Waals surface area (Å²) >= 11 is 0. The van der Waals surface area contributed by atoms with Crippen LogP contribution in [-0.2, 0) is 4.74 Å². The van der Waals surface area contributed by atoms with Crippen molar-refractivity contribution < 1.29 is 9.84 Å². The zero-order chi connectivity index (χ0) is 8.10. The van der Waals surface area contributed by atoms with E-state index >= 15 is 0 Å². The Morgan fingerprint density at radius 1 is 1.55 bits per heavy atom. The van der Waals surface area contributed by atoms with E-state index in [1.807, 2.05) is 0 Å². The number of aliphatic hydroxyl groups is 1. The smallest absolute Gasteiger partial charge is 0.0783 e. The zero-order valence-electron chi connectivity index (χ0n) is 6.88. The molecule has 0 aliphatic carbocycles. The first-order chi connectivity index (χ1) is 5.34. The van der Waals surface area contributed by atoms with Gasteiger partial charge in [0.15, 0.2) is 0 Å². The van der Waals surface area contributed by atoms with Crippen molar-refractivity contribution in [1.29, 1.82) is 0 Å². The summed E-state index contributed by atoms with van der Waals surface area (Å²) < 4.78 is 5.48. The minimum atomic E-state index is 0.193. The molecule has 1 fully saturated rings. The van der Waals surface area contributed by atoms with Crippen LogP contribution in [0.2, 0.25) is 0 Å². The van der Waals surface area contributed by atoms with Gasteiger partial charge in [0.25, 0.3) is 0 Å². The monoisotopic (exact) mass is 156 g/mol. The second-order valence-corrected chi connectivity index (χ2v) is 2.99. The van der Waals surface area contributed by atoms with Crippen molar-refractivity contribution in [3.05, 3.63) is 12.2 Å². The van der Waals surface area contributed by atoms with Gasteiger partial charge < -0.3 is 9.84 Å². The lowest BCUT2D eigenvalue weighted by molar-refractivity contribution is 0.0363. The number of aliphatic hydroxyl groups excluding tert-OH is 1. The highest BCUT2D eigenvalue weighted by Crippen LogP contribution is 2.19. The van der Waals surface area contributed by atoms with Gasteiger partial charge in [-0.05, 0) is 31.3 Å². The molecule has 0 radical (unpaired) electrons. The molecule has 0 aromatic heterocycles. The molecule has 0 spiro atoms. The van der Waals surface area contributed by atoms with Gasteiger partial charge in [0.1, 0.15) is 0 Å². The summed E-state index contributed by atoms with van der Waals surface area (Å²) in [5, 5.41) is 8.65. The molecule has 0 bridgehead atoms. The fourth-order valence-electron chi connectivity index (χ4n) is 1.37. The highest BCUT2D eigenvalue weighted by atomic mass is 16.5. The van der Waals surface area contributed by atoms with Crippen LogP contribution in [0.25, 0.3) is 0 Å². The van der Waals surface area contributed by atoms with Gasteiger partial charge >= 0.3 is 0 Å². The van der Waals surface area contributed by atoms with Gasteiger partial charge in [0.2, 0.25) is 0 Å². The third-order valence-corrected chi connectivity index (χ3v) is 2.07. The summed E-state index contributed by atoms with van der Waals surface area (Å²) in [5.74, 6) is 0. The van der Waals surface area contributed by atoms with Crippen LogP contribution in [0.3, 0.4) is 0 Å². The predicted molar refractivity (Wildman–Crippen MR) is 44.4 cm³/mol. The molecule has 0 saturated carbocycles. The Hall–Kier alpha value is -0.340. The van der Waals surface area contributed by atoms with Crippen molar-refractivity contribution in [3.63, 3.8) is 0 Å². The summed E-state index contributed by atoms with van der Waals surface area (Å²) in [6, 6.07) is 0. The van der Waals surface area contributed by atoms with Crippen molar-refractivity contribution in [2.24, 2.45) is 0 Å². The highest BCUT2D eigenvalue weighted by molar-refractivity contribution is 5.02. The van der Waals surface area contributed by atoms with Crippen LogP contribution in [0.4, 0.5) is 0 Å². The van der Waals surface area contributed by atoms with Gasteiger partial charge in [-0.25, -0.2) is 0 Å². The largest absolute Gasteiger partial charge is 0.396 e. The Bertz CT molecular complexity index is 126. The van der Waals surface area contributed by atoms with Crippen LogP contribution in [0.5, 0.6) is 0 Å². The summed E-state index contributed by atoms with van der Waals surface area (Å²) in [6.45, 7) is 4.93. The molecule has 0 amide bonds. The quantitative estimate of drug-likeness (QED) is 0.627. The van der Waals surface area contributed by atoms with E-state index in [2.05, 4.69) is 6.58 Å². The van der Waals surface area contributed by atoms with Gasteiger partial charge in [0, 0.05) is 13.2 Å². The second-order valence-electron chi connectivity index (χ2n) is 2.99. The van der Waals surface area contributed by atoms with E-state index in [9.17, 15) is 0 Å². The molecule has 1 rings (SSSR count). The maximum Gasteiger partial charge on any atom is 0.0783 e. The van der Waals surface area contributed by atoms with E-state index < -0.39 is 0 Å². The Morgan fingerprint density at radius 2 is 2.36 bits per heavy atom. The van der Waals surface area contributed by atoms with Gasteiger partial charge in [-0.1, -0.05) is 6.58 Å². The Kier molecular flexibility index (Phi) is 3.60. The third-order valence-electron chi connectivity index (χ3n) is 2.07. The van der Waals surface area contributed by atoms with Crippen molar-refractivity contribution in [2.75, 3.05) is 13.2 Å². The second kappa shape index (κ2) is 4.52. The summed E-state index contributed by atoms with van der Waals surface area (Å²) in [4.78, 5) is 0. The average molecular weight is 156 g/mol. The van der Waals surface area contributed by atoms with Crippen LogP contribution < -0.4 is 0 Å². The van der Waals surface area contributed by atoms with Crippen LogP contribution in [-0.4, -0.2) is 24.4 Å². The molecule has 1 heterocycles. The zero-order valence-corrected chi connectivity index (χ0v) is 6.88. The molecule has 2 nitrogen and oxygen atoms in total. The van der Waals surface area contributed by atoms with Crippen molar-refractivity contribution in [3.8, 4) is 0 Å². The normalized spacial score (nSPS) is 25.0.